The van der Waals surface area contributed by atoms with Gasteiger partial charge in [0.1, 0.15) is 12.4 Å². The monoisotopic (exact) mass is 282 g/mol. The summed E-state index contributed by atoms with van der Waals surface area (Å²) in [6.07, 6.45) is 9.20. The molecule has 1 unspecified atom stereocenters. The second-order valence-electron chi connectivity index (χ2n) is 5.67. The van der Waals surface area contributed by atoms with Gasteiger partial charge in [-0.05, 0) is 42.7 Å². The molecule has 0 spiro atoms. The van der Waals surface area contributed by atoms with Gasteiger partial charge in [0.25, 0.3) is 0 Å². The maximum absolute atomic E-state index is 5.65. The number of anilines is 1. The van der Waals surface area contributed by atoms with Crippen molar-refractivity contribution in [1.29, 1.82) is 0 Å². The van der Waals surface area contributed by atoms with Crippen molar-refractivity contribution in [3.05, 3.63) is 41.8 Å². The van der Waals surface area contributed by atoms with Crippen molar-refractivity contribution in [2.75, 3.05) is 25.0 Å². The molecule has 0 aromatic carbocycles. The highest BCUT2D eigenvalue weighted by atomic mass is 16.5. The predicted molar refractivity (Wildman–Crippen MR) is 82.8 cm³/mol. The Kier molecular flexibility index (Phi) is 2.91. The van der Waals surface area contributed by atoms with Gasteiger partial charge >= 0.3 is 0 Å². The van der Waals surface area contributed by atoms with Crippen molar-refractivity contribution >= 4 is 11.7 Å². The molecular formula is C16H18N4O. The van der Waals surface area contributed by atoms with Crippen LogP contribution < -0.4 is 10.1 Å². The molecule has 108 valence electrons. The lowest BCUT2D eigenvalue weighted by Gasteiger charge is -2.19. The summed E-state index contributed by atoms with van der Waals surface area (Å²) in [6, 6.07) is 2.37. The van der Waals surface area contributed by atoms with Gasteiger partial charge in [-0.25, -0.2) is 4.98 Å². The van der Waals surface area contributed by atoms with Crippen LogP contribution in [-0.2, 0) is 6.42 Å². The number of aliphatic imine (C=N–C) groups is 1. The van der Waals surface area contributed by atoms with Crippen LogP contribution in [-0.4, -0.2) is 41.5 Å². The molecule has 21 heavy (non-hydrogen) atoms. The topological polar surface area (TPSA) is 49.8 Å². The molecule has 1 aromatic heterocycles. The zero-order valence-corrected chi connectivity index (χ0v) is 12.0. The summed E-state index contributed by atoms with van der Waals surface area (Å²) in [7, 11) is 0. The Balaban J connectivity index is 1.51. The fourth-order valence-electron chi connectivity index (χ4n) is 2.89. The van der Waals surface area contributed by atoms with Gasteiger partial charge in [-0.3, -0.25) is 4.99 Å². The smallest absolute Gasteiger partial charge is 0.168 e. The Morgan fingerprint density at radius 1 is 1.48 bits per heavy atom. The van der Waals surface area contributed by atoms with Gasteiger partial charge in [0.05, 0.1) is 12.6 Å². The number of amidine groups is 1. The van der Waals surface area contributed by atoms with Crippen LogP contribution >= 0.6 is 0 Å². The van der Waals surface area contributed by atoms with Crippen LogP contribution in [0.4, 0.5) is 5.82 Å². The van der Waals surface area contributed by atoms with Gasteiger partial charge in [0.2, 0.25) is 0 Å². The first kappa shape index (κ1) is 12.4. The minimum atomic E-state index is 0.281. The largest absolute Gasteiger partial charge is 0.488 e. The van der Waals surface area contributed by atoms with Crippen molar-refractivity contribution in [1.82, 2.24) is 9.88 Å². The molecule has 0 saturated heterocycles. The highest BCUT2D eigenvalue weighted by Gasteiger charge is 2.24. The summed E-state index contributed by atoms with van der Waals surface area (Å²) in [5.41, 5.74) is 2.43. The van der Waals surface area contributed by atoms with Gasteiger partial charge in [0.15, 0.2) is 11.6 Å². The molecule has 1 aromatic rings. The normalized spacial score (nSPS) is 22.7. The summed E-state index contributed by atoms with van der Waals surface area (Å²) in [6.45, 7) is 4.56. The number of ether oxygens (including phenoxy) is 1. The molecule has 5 heteroatoms. The van der Waals surface area contributed by atoms with E-state index in [2.05, 4.69) is 46.5 Å². The molecule has 0 aliphatic carbocycles. The minimum absolute atomic E-state index is 0.281. The molecule has 1 atom stereocenters. The third-order valence-electron chi connectivity index (χ3n) is 3.92. The average Bonchev–Trinajstić information content (AvgIpc) is 2.88. The highest BCUT2D eigenvalue weighted by Crippen LogP contribution is 2.27. The van der Waals surface area contributed by atoms with E-state index in [9.17, 15) is 0 Å². The Morgan fingerprint density at radius 3 is 3.38 bits per heavy atom. The quantitative estimate of drug-likeness (QED) is 0.901. The van der Waals surface area contributed by atoms with Gasteiger partial charge in [-0.1, -0.05) is 0 Å². The maximum Gasteiger partial charge on any atom is 0.168 e. The van der Waals surface area contributed by atoms with Crippen LogP contribution in [0.2, 0.25) is 0 Å². The van der Waals surface area contributed by atoms with E-state index >= 15 is 0 Å². The number of allylic oxidation sites excluding steroid dienone is 2. The second-order valence-corrected chi connectivity index (χ2v) is 5.67. The van der Waals surface area contributed by atoms with E-state index in [0.717, 1.165) is 36.9 Å². The third-order valence-corrected chi connectivity index (χ3v) is 3.92. The number of hydrogen-bond acceptors (Lipinski definition) is 5. The molecule has 0 bridgehead atoms. The van der Waals surface area contributed by atoms with Crippen LogP contribution in [0.3, 0.4) is 0 Å². The van der Waals surface area contributed by atoms with E-state index < -0.39 is 0 Å². The van der Waals surface area contributed by atoms with E-state index in [1.54, 1.807) is 0 Å². The summed E-state index contributed by atoms with van der Waals surface area (Å²) >= 11 is 0. The Labute approximate surface area is 124 Å². The molecule has 0 saturated carbocycles. The van der Waals surface area contributed by atoms with Gasteiger partial charge in [0, 0.05) is 18.9 Å². The van der Waals surface area contributed by atoms with Crippen molar-refractivity contribution in [3.8, 4) is 5.75 Å². The summed E-state index contributed by atoms with van der Waals surface area (Å²) in [5, 5.41) is 3.24. The lowest BCUT2D eigenvalue weighted by atomic mass is 10.1. The van der Waals surface area contributed by atoms with E-state index in [1.165, 1.54) is 11.1 Å². The predicted octanol–water partition coefficient (Wildman–Crippen LogP) is 1.98. The number of nitrogens with one attached hydrogen (secondary N) is 1. The minimum Gasteiger partial charge on any atom is -0.488 e. The van der Waals surface area contributed by atoms with E-state index in [4.69, 9.17) is 9.73 Å². The zero-order chi connectivity index (χ0) is 14.2. The number of hydrogen-bond donors (Lipinski definition) is 1. The molecule has 0 amide bonds. The van der Waals surface area contributed by atoms with Crippen LogP contribution in [0.25, 0.3) is 0 Å². The third kappa shape index (κ3) is 2.39. The van der Waals surface area contributed by atoms with Crippen molar-refractivity contribution < 1.29 is 4.74 Å². The zero-order valence-electron chi connectivity index (χ0n) is 12.0. The molecule has 0 radical (unpaired) electrons. The standard InChI is InChI=1S/C16H18N4O/c1-11-2-4-20-10-13(19-15(20)6-11)7-12-8-14-16(18-9-12)17-3-5-21-14/h2,4,6,8-9,13H,3,5,7,10H2,1H3,(H,17,18). The first-order valence-electron chi connectivity index (χ1n) is 7.34. The van der Waals surface area contributed by atoms with E-state index in [1.807, 2.05) is 6.20 Å². The van der Waals surface area contributed by atoms with Crippen LogP contribution in [0.15, 0.2) is 41.2 Å². The fraction of sp³-hybridized carbons (Fsp3) is 0.375. The number of rotatable bonds is 2. The van der Waals surface area contributed by atoms with E-state index in [0.29, 0.717) is 6.61 Å². The first-order valence-corrected chi connectivity index (χ1v) is 7.34. The molecule has 4 rings (SSSR count). The summed E-state index contributed by atoms with van der Waals surface area (Å²) < 4.78 is 5.65. The fourth-order valence-corrected chi connectivity index (χ4v) is 2.89. The lowest BCUT2D eigenvalue weighted by Crippen LogP contribution is -2.25. The average molecular weight is 282 g/mol. The molecule has 1 N–H and O–H groups in total. The molecule has 3 aliphatic heterocycles. The Bertz CT molecular complexity index is 662. The second kappa shape index (κ2) is 4.91. The summed E-state index contributed by atoms with van der Waals surface area (Å²) in [4.78, 5) is 11.4. The number of nitrogens with zero attached hydrogens (tertiary/aromatic N) is 3. The number of aromatic nitrogens is 1. The highest BCUT2D eigenvalue weighted by molar-refractivity contribution is 5.97. The number of pyridine rings is 1. The van der Waals surface area contributed by atoms with E-state index in [-0.39, 0.29) is 6.04 Å². The van der Waals surface area contributed by atoms with Gasteiger partial charge in [-0.15, -0.1) is 0 Å². The number of fused-ring (bicyclic) bond motifs is 2. The Morgan fingerprint density at radius 2 is 2.43 bits per heavy atom. The van der Waals surface area contributed by atoms with Gasteiger partial charge < -0.3 is 15.0 Å². The molecule has 0 fully saturated rings. The van der Waals surface area contributed by atoms with Crippen molar-refractivity contribution in [2.45, 2.75) is 19.4 Å². The van der Waals surface area contributed by atoms with Gasteiger partial charge in [-0.2, -0.15) is 0 Å². The SMILES string of the molecule is CC1=CC2=NC(Cc3cnc4c(c3)OCCN4)CN2C=C1. The van der Waals surface area contributed by atoms with Crippen LogP contribution in [0, 0.1) is 0 Å². The maximum atomic E-state index is 5.65. The van der Waals surface area contributed by atoms with Crippen molar-refractivity contribution in [2.24, 2.45) is 4.99 Å². The molecule has 5 nitrogen and oxygen atoms in total. The molecule has 3 aliphatic rings. The molecular weight excluding hydrogens is 264 g/mol. The lowest BCUT2D eigenvalue weighted by molar-refractivity contribution is 0.321. The Hall–Kier alpha value is -2.30. The molecule has 4 heterocycles. The summed E-state index contributed by atoms with van der Waals surface area (Å²) in [5.74, 6) is 2.78. The first-order chi connectivity index (χ1) is 10.3. The van der Waals surface area contributed by atoms with Crippen molar-refractivity contribution in [3.63, 3.8) is 0 Å². The van der Waals surface area contributed by atoms with Crippen LogP contribution in [0.5, 0.6) is 5.75 Å². The van der Waals surface area contributed by atoms with Crippen LogP contribution in [0.1, 0.15) is 12.5 Å².